The minimum absolute atomic E-state index is 0.0295. The van der Waals surface area contributed by atoms with Gasteiger partial charge >= 0.3 is 0 Å². The number of nitrogens with zero attached hydrogens (tertiary/aromatic N) is 2. The summed E-state index contributed by atoms with van der Waals surface area (Å²) in [5.41, 5.74) is 1.21. The number of hydrogen-bond donors (Lipinski definition) is 0. The lowest BCUT2D eigenvalue weighted by Gasteiger charge is -2.27. The van der Waals surface area contributed by atoms with Crippen LogP contribution in [0.15, 0.2) is 86.8 Å². The maximum atomic E-state index is 13.4. The van der Waals surface area contributed by atoms with Crippen molar-refractivity contribution >= 4 is 22.8 Å². The molecule has 0 bridgehead atoms. The zero-order valence-electron chi connectivity index (χ0n) is 19.3. The molecule has 4 aromatic rings. The third-order valence-corrected chi connectivity index (χ3v) is 5.59. The molecule has 0 aliphatic heterocycles. The predicted octanol–water partition coefficient (Wildman–Crippen LogP) is 4.61. The zero-order valence-corrected chi connectivity index (χ0v) is 19.3. The average Bonchev–Trinajstić information content (AvgIpc) is 3.41. The van der Waals surface area contributed by atoms with Crippen molar-refractivity contribution in [2.24, 2.45) is 0 Å². The molecule has 0 N–H and O–H groups in total. The molecule has 2 heterocycles. The first kappa shape index (κ1) is 23.9. The fourth-order valence-electron chi connectivity index (χ4n) is 3.82. The number of carbonyl (C=O) groups excluding carboxylic acids is 2. The van der Waals surface area contributed by atoms with Crippen molar-refractivity contribution in [3.63, 3.8) is 0 Å². The molecule has 0 saturated carbocycles. The minimum atomic E-state index is -0.392. The second-order valence-corrected chi connectivity index (χ2v) is 8.17. The van der Waals surface area contributed by atoms with Gasteiger partial charge in [-0.25, -0.2) is 4.39 Å². The van der Waals surface area contributed by atoms with Gasteiger partial charge in [-0.05, 0) is 48.4 Å². The van der Waals surface area contributed by atoms with Crippen molar-refractivity contribution in [2.75, 3.05) is 13.1 Å². The second kappa shape index (κ2) is 10.8. The SMILES string of the molecule is CCCN(CC(=O)N(Cc1ccc(F)cc1)Cc1coc2ccccc2c1=O)C(=O)c1ccco1. The molecule has 7 nitrogen and oxygen atoms in total. The second-order valence-electron chi connectivity index (χ2n) is 8.17. The van der Waals surface area contributed by atoms with Gasteiger partial charge in [-0.2, -0.15) is 0 Å². The first-order valence-electron chi connectivity index (χ1n) is 11.3. The van der Waals surface area contributed by atoms with E-state index < -0.39 is 5.91 Å². The predicted molar refractivity (Wildman–Crippen MR) is 128 cm³/mol. The average molecular weight is 477 g/mol. The van der Waals surface area contributed by atoms with Crippen molar-refractivity contribution in [2.45, 2.75) is 26.4 Å². The molecule has 0 aliphatic rings. The van der Waals surface area contributed by atoms with Gasteiger partial charge in [0.2, 0.25) is 5.91 Å². The molecular formula is C27H25FN2O5. The molecule has 0 radical (unpaired) electrons. The molecule has 0 atom stereocenters. The van der Waals surface area contributed by atoms with Gasteiger partial charge in [0.05, 0.1) is 30.0 Å². The summed E-state index contributed by atoms with van der Waals surface area (Å²) in [5, 5.41) is 0.416. The molecule has 35 heavy (non-hydrogen) atoms. The smallest absolute Gasteiger partial charge is 0.290 e. The highest BCUT2D eigenvalue weighted by molar-refractivity contribution is 5.94. The maximum Gasteiger partial charge on any atom is 0.290 e. The van der Waals surface area contributed by atoms with Crippen molar-refractivity contribution in [1.82, 2.24) is 9.80 Å². The van der Waals surface area contributed by atoms with Crippen LogP contribution in [0.2, 0.25) is 0 Å². The minimum Gasteiger partial charge on any atom is -0.464 e. The number of para-hydroxylation sites is 1. The molecule has 0 saturated heterocycles. The lowest BCUT2D eigenvalue weighted by atomic mass is 10.1. The third-order valence-electron chi connectivity index (χ3n) is 5.59. The standard InChI is InChI=1S/C27H25FN2O5/c1-2-13-29(27(33)24-8-5-14-34-24)17-25(31)30(15-19-9-11-21(28)12-10-19)16-20-18-35-23-7-4-3-6-22(23)26(20)32/h3-12,14,18H,2,13,15-17H2,1H3. The van der Waals surface area contributed by atoms with Gasteiger partial charge in [-0.3, -0.25) is 14.4 Å². The Morgan fingerprint density at radius 1 is 0.914 bits per heavy atom. The monoisotopic (exact) mass is 476 g/mol. The summed E-state index contributed by atoms with van der Waals surface area (Å²) in [4.78, 5) is 42.2. The molecular weight excluding hydrogens is 451 g/mol. The van der Waals surface area contributed by atoms with Crippen molar-refractivity contribution in [3.05, 3.63) is 106 Å². The summed E-state index contributed by atoms with van der Waals surface area (Å²) < 4.78 is 24.3. The molecule has 2 aromatic heterocycles. The number of furan rings is 1. The summed E-state index contributed by atoms with van der Waals surface area (Å²) in [7, 11) is 0. The Morgan fingerprint density at radius 3 is 2.40 bits per heavy atom. The highest BCUT2D eigenvalue weighted by Gasteiger charge is 2.24. The van der Waals surface area contributed by atoms with Crippen molar-refractivity contribution in [3.8, 4) is 0 Å². The summed E-state index contributed by atoms with van der Waals surface area (Å²) in [6.07, 6.45) is 3.40. The summed E-state index contributed by atoms with van der Waals surface area (Å²) in [5.74, 6) is -1.00. The highest BCUT2D eigenvalue weighted by atomic mass is 19.1. The maximum absolute atomic E-state index is 13.4. The molecule has 4 rings (SSSR count). The van der Waals surface area contributed by atoms with Gasteiger partial charge in [0.25, 0.3) is 5.91 Å². The Labute approximate surface area is 201 Å². The van der Waals surface area contributed by atoms with Gasteiger partial charge in [0, 0.05) is 13.1 Å². The first-order valence-corrected chi connectivity index (χ1v) is 11.3. The molecule has 0 unspecified atom stereocenters. The normalized spacial score (nSPS) is 10.9. The van der Waals surface area contributed by atoms with Crippen LogP contribution in [0.3, 0.4) is 0 Å². The zero-order chi connectivity index (χ0) is 24.8. The van der Waals surface area contributed by atoms with Crippen LogP contribution in [0.25, 0.3) is 11.0 Å². The van der Waals surface area contributed by atoms with Crippen LogP contribution in [0.1, 0.15) is 35.0 Å². The molecule has 2 aromatic carbocycles. The van der Waals surface area contributed by atoms with Crippen LogP contribution in [0.4, 0.5) is 4.39 Å². The van der Waals surface area contributed by atoms with Gasteiger partial charge in [-0.1, -0.05) is 31.2 Å². The largest absolute Gasteiger partial charge is 0.464 e. The van der Waals surface area contributed by atoms with Crippen LogP contribution < -0.4 is 5.43 Å². The van der Waals surface area contributed by atoms with E-state index in [9.17, 15) is 18.8 Å². The Morgan fingerprint density at radius 2 is 1.69 bits per heavy atom. The van der Waals surface area contributed by atoms with Gasteiger partial charge < -0.3 is 18.6 Å². The van der Waals surface area contributed by atoms with Gasteiger partial charge in [0.1, 0.15) is 17.9 Å². The Hall–Kier alpha value is -4.20. The number of halogens is 1. The molecule has 2 amide bonds. The number of carbonyl (C=O) groups is 2. The van der Waals surface area contributed by atoms with Crippen LogP contribution >= 0.6 is 0 Å². The fourth-order valence-corrected chi connectivity index (χ4v) is 3.82. The van der Waals surface area contributed by atoms with E-state index in [1.165, 1.54) is 34.5 Å². The molecule has 8 heteroatoms. The van der Waals surface area contributed by atoms with E-state index in [2.05, 4.69) is 0 Å². The molecule has 180 valence electrons. The summed E-state index contributed by atoms with van der Waals surface area (Å²) in [6.45, 7) is 2.16. The van der Waals surface area contributed by atoms with Gasteiger partial charge in [0.15, 0.2) is 11.2 Å². The molecule has 0 fully saturated rings. The van der Waals surface area contributed by atoms with E-state index in [4.69, 9.17) is 8.83 Å². The fraction of sp³-hybridized carbons (Fsp3) is 0.222. The van der Waals surface area contributed by atoms with E-state index in [0.717, 1.165) is 0 Å². The van der Waals surface area contributed by atoms with E-state index in [1.54, 1.807) is 48.5 Å². The Balaban J connectivity index is 1.62. The first-order chi connectivity index (χ1) is 17.0. The van der Waals surface area contributed by atoms with Gasteiger partial charge in [-0.15, -0.1) is 0 Å². The number of rotatable bonds is 9. The summed E-state index contributed by atoms with van der Waals surface area (Å²) >= 11 is 0. The summed E-state index contributed by atoms with van der Waals surface area (Å²) in [6, 6.07) is 15.8. The number of fused-ring (bicyclic) bond motifs is 1. The Bertz CT molecular complexity index is 1360. The lowest BCUT2D eigenvalue weighted by molar-refractivity contribution is -0.133. The lowest BCUT2D eigenvalue weighted by Crippen LogP contribution is -2.43. The highest BCUT2D eigenvalue weighted by Crippen LogP contribution is 2.15. The third kappa shape index (κ3) is 5.66. The van der Waals surface area contributed by atoms with Crippen LogP contribution in [0, 0.1) is 5.82 Å². The van der Waals surface area contributed by atoms with Crippen LogP contribution in [0.5, 0.6) is 0 Å². The van der Waals surface area contributed by atoms with Crippen LogP contribution in [-0.2, 0) is 17.9 Å². The Kier molecular flexibility index (Phi) is 7.40. The quantitative estimate of drug-likeness (QED) is 0.352. The molecule has 0 aliphatic carbocycles. The number of hydrogen-bond acceptors (Lipinski definition) is 5. The molecule has 0 spiro atoms. The number of benzene rings is 2. The van der Waals surface area contributed by atoms with E-state index in [1.807, 2.05) is 6.92 Å². The van der Waals surface area contributed by atoms with Crippen molar-refractivity contribution < 1.29 is 22.8 Å². The number of amides is 2. The van der Waals surface area contributed by atoms with E-state index >= 15 is 0 Å². The van der Waals surface area contributed by atoms with E-state index in [0.29, 0.717) is 35.1 Å². The topological polar surface area (TPSA) is 84.0 Å². The van der Waals surface area contributed by atoms with E-state index in [-0.39, 0.29) is 42.5 Å². The van der Waals surface area contributed by atoms with Crippen molar-refractivity contribution in [1.29, 1.82) is 0 Å². The van der Waals surface area contributed by atoms with Crippen LogP contribution in [-0.4, -0.2) is 34.7 Å².